The SMILES string of the molecule is CN1CC2(CCN(C/C=C/c3ccc(Cl)c(Cl)c3)CC2)c2c1ccc1scnc21. The first kappa shape index (κ1) is 19.4. The number of likely N-dealkylation sites (N-methyl/N-ethyl adjacent to an activating group) is 1. The van der Waals surface area contributed by atoms with Crippen LogP contribution in [0.1, 0.15) is 24.0 Å². The van der Waals surface area contributed by atoms with Gasteiger partial charge in [-0.15, -0.1) is 11.3 Å². The fraction of sp³-hybridized carbons (Fsp3) is 0.348. The number of thiazole rings is 1. The lowest BCUT2D eigenvalue weighted by Crippen LogP contribution is -2.44. The summed E-state index contributed by atoms with van der Waals surface area (Å²) in [5.74, 6) is 0. The molecule has 3 aromatic rings. The average Bonchev–Trinajstić information content (AvgIpc) is 3.29. The molecule has 150 valence electrons. The molecule has 0 unspecified atom stereocenters. The molecular formula is C23H23Cl2N3S. The minimum Gasteiger partial charge on any atom is -0.373 e. The Morgan fingerprint density at radius 3 is 2.76 bits per heavy atom. The summed E-state index contributed by atoms with van der Waals surface area (Å²) in [4.78, 5) is 9.70. The number of anilines is 1. The summed E-state index contributed by atoms with van der Waals surface area (Å²) in [5, 5.41) is 1.20. The minimum absolute atomic E-state index is 0.238. The third-order valence-electron chi connectivity index (χ3n) is 6.39. The highest BCUT2D eigenvalue weighted by Gasteiger charge is 2.45. The van der Waals surface area contributed by atoms with Gasteiger partial charge >= 0.3 is 0 Å². The highest BCUT2D eigenvalue weighted by atomic mass is 35.5. The van der Waals surface area contributed by atoms with E-state index in [4.69, 9.17) is 28.2 Å². The Labute approximate surface area is 185 Å². The second-order valence-corrected chi connectivity index (χ2v) is 9.87. The number of hydrogen-bond acceptors (Lipinski definition) is 4. The van der Waals surface area contributed by atoms with Crippen molar-refractivity contribution in [3.05, 3.63) is 63.1 Å². The largest absolute Gasteiger partial charge is 0.373 e. The highest BCUT2D eigenvalue weighted by molar-refractivity contribution is 7.16. The molecule has 2 aromatic carbocycles. The molecule has 0 saturated carbocycles. The van der Waals surface area contributed by atoms with Crippen LogP contribution in [-0.4, -0.2) is 43.1 Å². The normalized spacial score (nSPS) is 18.9. The van der Waals surface area contributed by atoms with Gasteiger partial charge < -0.3 is 4.90 Å². The van der Waals surface area contributed by atoms with Crippen LogP contribution in [0.25, 0.3) is 16.3 Å². The molecule has 2 aliphatic rings. The Morgan fingerprint density at radius 1 is 1.14 bits per heavy atom. The molecule has 0 N–H and O–H groups in total. The molecule has 6 heteroatoms. The number of benzene rings is 2. The Balaban J connectivity index is 1.29. The highest BCUT2D eigenvalue weighted by Crippen LogP contribution is 2.49. The van der Waals surface area contributed by atoms with Crippen LogP contribution in [-0.2, 0) is 5.41 Å². The lowest BCUT2D eigenvalue weighted by Gasteiger charge is -2.39. The molecular weight excluding hydrogens is 421 g/mol. The third-order valence-corrected chi connectivity index (χ3v) is 7.93. The second-order valence-electron chi connectivity index (χ2n) is 8.17. The first-order valence-corrected chi connectivity index (χ1v) is 11.6. The summed E-state index contributed by atoms with van der Waals surface area (Å²) in [6.07, 6.45) is 6.72. The Bertz CT molecular complexity index is 1080. The van der Waals surface area contributed by atoms with E-state index in [9.17, 15) is 0 Å². The van der Waals surface area contributed by atoms with E-state index in [0.29, 0.717) is 10.0 Å². The third kappa shape index (κ3) is 3.46. The van der Waals surface area contributed by atoms with E-state index in [2.05, 4.69) is 41.1 Å². The maximum atomic E-state index is 6.11. The van der Waals surface area contributed by atoms with Gasteiger partial charge in [0.15, 0.2) is 0 Å². The molecule has 1 spiro atoms. The fourth-order valence-electron chi connectivity index (χ4n) is 4.91. The Morgan fingerprint density at radius 2 is 1.97 bits per heavy atom. The van der Waals surface area contributed by atoms with Crippen LogP contribution in [0.2, 0.25) is 10.0 Å². The van der Waals surface area contributed by atoms with Crippen LogP contribution < -0.4 is 4.90 Å². The monoisotopic (exact) mass is 443 g/mol. The van der Waals surface area contributed by atoms with Crippen LogP contribution >= 0.6 is 34.5 Å². The molecule has 5 rings (SSSR count). The van der Waals surface area contributed by atoms with E-state index in [1.54, 1.807) is 11.3 Å². The van der Waals surface area contributed by atoms with E-state index in [0.717, 1.165) is 31.7 Å². The summed E-state index contributed by atoms with van der Waals surface area (Å²) >= 11 is 13.9. The molecule has 0 bridgehead atoms. The Hall–Kier alpha value is -1.59. The van der Waals surface area contributed by atoms with Gasteiger partial charge in [-0.2, -0.15) is 0 Å². The number of likely N-dealkylation sites (tertiary alicyclic amines) is 1. The first-order chi connectivity index (χ1) is 14.1. The molecule has 3 nitrogen and oxygen atoms in total. The van der Waals surface area contributed by atoms with Crippen LogP contribution in [0, 0.1) is 0 Å². The summed E-state index contributed by atoms with van der Waals surface area (Å²) < 4.78 is 1.31. The van der Waals surface area contributed by atoms with Gasteiger partial charge in [-0.25, -0.2) is 4.98 Å². The number of aromatic nitrogens is 1. The second kappa shape index (κ2) is 7.59. The quantitative estimate of drug-likeness (QED) is 0.487. The van der Waals surface area contributed by atoms with E-state index in [1.807, 2.05) is 23.7 Å². The molecule has 1 fully saturated rings. The number of hydrogen-bond donors (Lipinski definition) is 0. The molecule has 0 amide bonds. The van der Waals surface area contributed by atoms with Gasteiger partial charge in [-0.1, -0.05) is 41.4 Å². The van der Waals surface area contributed by atoms with Crippen LogP contribution in [0.5, 0.6) is 0 Å². The summed E-state index contributed by atoms with van der Waals surface area (Å²) in [6, 6.07) is 10.3. The number of rotatable bonds is 3. The fourth-order valence-corrected chi connectivity index (χ4v) is 5.90. The molecule has 3 heterocycles. The van der Waals surface area contributed by atoms with Crippen LogP contribution in [0.4, 0.5) is 5.69 Å². The van der Waals surface area contributed by atoms with Crippen molar-refractivity contribution in [1.29, 1.82) is 0 Å². The number of piperidine rings is 1. The lowest BCUT2D eigenvalue weighted by molar-refractivity contribution is 0.182. The molecule has 0 aliphatic carbocycles. The zero-order valence-electron chi connectivity index (χ0n) is 16.4. The van der Waals surface area contributed by atoms with Crippen LogP contribution in [0.15, 0.2) is 41.9 Å². The Kier molecular flexibility index (Phi) is 5.07. The van der Waals surface area contributed by atoms with Crippen molar-refractivity contribution >= 4 is 56.5 Å². The van der Waals surface area contributed by atoms with Crippen molar-refractivity contribution in [3.8, 4) is 0 Å². The summed E-state index contributed by atoms with van der Waals surface area (Å²) in [5.41, 5.74) is 7.40. The number of fused-ring (bicyclic) bond motifs is 4. The number of halogens is 2. The topological polar surface area (TPSA) is 19.4 Å². The van der Waals surface area contributed by atoms with Crippen molar-refractivity contribution in [2.75, 3.05) is 38.1 Å². The average molecular weight is 444 g/mol. The zero-order chi connectivity index (χ0) is 20.0. The van der Waals surface area contributed by atoms with Crippen molar-refractivity contribution in [2.24, 2.45) is 0 Å². The van der Waals surface area contributed by atoms with Crippen molar-refractivity contribution in [3.63, 3.8) is 0 Å². The van der Waals surface area contributed by atoms with E-state index >= 15 is 0 Å². The zero-order valence-corrected chi connectivity index (χ0v) is 18.7. The van der Waals surface area contributed by atoms with Gasteiger partial charge in [0.2, 0.25) is 0 Å². The smallest absolute Gasteiger partial charge is 0.0871 e. The van der Waals surface area contributed by atoms with Gasteiger partial charge in [0.05, 0.1) is 25.8 Å². The molecule has 1 saturated heterocycles. The minimum atomic E-state index is 0.238. The van der Waals surface area contributed by atoms with E-state index in [1.165, 1.54) is 34.3 Å². The lowest BCUT2D eigenvalue weighted by atomic mass is 9.74. The molecule has 0 atom stereocenters. The molecule has 2 aliphatic heterocycles. The van der Waals surface area contributed by atoms with Gasteiger partial charge in [-0.05, 0) is 55.8 Å². The van der Waals surface area contributed by atoms with Crippen molar-refractivity contribution < 1.29 is 0 Å². The summed E-state index contributed by atoms with van der Waals surface area (Å²) in [7, 11) is 2.22. The van der Waals surface area contributed by atoms with Gasteiger partial charge in [0.1, 0.15) is 0 Å². The van der Waals surface area contributed by atoms with Crippen LogP contribution in [0.3, 0.4) is 0 Å². The van der Waals surface area contributed by atoms with Gasteiger partial charge in [0.25, 0.3) is 0 Å². The van der Waals surface area contributed by atoms with E-state index in [-0.39, 0.29) is 5.41 Å². The standard InChI is InChI=1S/C23H23Cl2N3S/c1-27-14-23(21-19(27)6-7-20-22(21)26-15-29-20)8-11-28(12-9-23)10-2-3-16-4-5-17(24)18(25)13-16/h2-7,13,15H,8-12,14H2,1H3/b3-2+. The molecule has 1 aromatic heterocycles. The van der Waals surface area contributed by atoms with Crippen molar-refractivity contribution in [2.45, 2.75) is 18.3 Å². The van der Waals surface area contributed by atoms with E-state index < -0.39 is 0 Å². The van der Waals surface area contributed by atoms with Gasteiger partial charge in [-0.3, -0.25) is 4.90 Å². The van der Waals surface area contributed by atoms with Gasteiger partial charge in [0, 0.05) is 36.8 Å². The first-order valence-electron chi connectivity index (χ1n) is 9.97. The predicted octanol–water partition coefficient (Wildman–Crippen LogP) is 6.10. The maximum Gasteiger partial charge on any atom is 0.0871 e. The summed E-state index contributed by atoms with van der Waals surface area (Å²) in [6.45, 7) is 4.28. The van der Waals surface area contributed by atoms with Crippen molar-refractivity contribution in [1.82, 2.24) is 9.88 Å². The number of nitrogens with zero attached hydrogens (tertiary/aromatic N) is 3. The molecule has 29 heavy (non-hydrogen) atoms. The maximum absolute atomic E-state index is 6.11. The predicted molar refractivity (Wildman–Crippen MR) is 126 cm³/mol. The molecule has 0 radical (unpaired) electrons.